The summed E-state index contributed by atoms with van der Waals surface area (Å²) in [6.45, 7) is 0.630. The van der Waals surface area contributed by atoms with Gasteiger partial charge >= 0.3 is 0 Å². The normalized spacial score (nSPS) is 10.6. The number of aromatic nitrogens is 4. The van der Waals surface area contributed by atoms with E-state index in [9.17, 15) is 4.39 Å². The highest BCUT2D eigenvalue weighted by atomic mass is 19.1. The second-order valence-corrected chi connectivity index (χ2v) is 4.71. The monoisotopic (exact) mass is 298 g/mol. The summed E-state index contributed by atoms with van der Waals surface area (Å²) >= 11 is 0. The highest BCUT2D eigenvalue weighted by molar-refractivity contribution is 5.68. The lowest BCUT2D eigenvalue weighted by Gasteiger charge is -2.11. The molecule has 2 aromatic heterocycles. The summed E-state index contributed by atoms with van der Waals surface area (Å²) in [6.07, 6.45) is 5.60. The number of benzene rings is 1. The molecular formula is C15H15FN6. The molecule has 0 aliphatic rings. The maximum Gasteiger partial charge on any atom is 0.181 e. The lowest BCUT2D eigenvalue weighted by atomic mass is 10.1. The highest BCUT2D eigenvalue weighted by Gasteiger charge is 2.09. The number of anilines is 2. The van der Waals surface area contributed by atoms with Crippen LogP contribution >= 0.6 is 0 Å². The average molecular weight is 298 g/mol. The van der Waals surface area contributed by atoms with Crippen molar-refractivity contribution in [3.8, 4) is 5.82 Å². The molecule has 0 spiro atoms. The molecule has 0 amide bonds. The van der Waals surface area contributed by atoms with Gasteiger partial charge in [0.15, 0.2) is 11.6 Å². The summed E-state index contributed by atoms with van der Waals surface area (Å²) in [7, 11) is 0. The van der Waals surface area contributed by atoms with Crippen molar-refractivity contribution >= 4 is 11.5 Å². The van der Waals surface area contributed by atoms with E-state index in [1.807, 2.05) is 0 Å². The first kappa shape index (κ1) is 14.0. The minimum Gasteiger partial charge on any atom is -0.393 e. The largest absolute Gasteiger partial charge is 0.393 e. The zero-order valence-electron chi connectivity index (χ0n) is 11.8. The van der Waals surface area contributed by atoms with Gasteiger partial charge in [-0.2, -0.15) is 5.10 Å². The van der Waals surface area contributed by atoms with Crippen molar-refractivity contribution in [3.63, 3.8) is 0 Å². The SMILES string of the molecule is Nc1c(NCCc2ccc(F)cc2)ncnc1-n1cccn1. The Morgan fingerprint density at radius 2 is 2.00 bits per heavy atom. The number of halogens is 1. The van der Waals surface area contributed by atoms with Crippen molar-refractivity contribution in [1.29, 1.82) is 0 Å². The summed E-state index contributed by atoms with van der Waals surface area (Å²) in [6, 6.07) is 8.21. The molecule has 3 N–H and O–H groups in total. The second-order valence-electron chi connectivity index (χ2n) is 4.71. The number of hydrogen-bond acceptors (Lipinski definition) is 5. The average Bonchev–Trinajstić information content (AvgIpc) is 3.05. The lowest BCUT2D eigenvalue weighted by molar-refractivity contribution is 0.627. The fourth-order valence-electron chi connectivity index (χ4n) is 2.08. The Balaban J connectivity index is 1.68. The Morgan fingerprint density at radius 3 is 2.73 bits per heavy atom. The molecule has 2 heterocycles. The van der Waals surface area contributed by atoms with Gasteiger partial charge in [0.05, 0.1) is 0 Å². The van der Waals surface area contributed by atoms with Gasteiger partial charge in [0.1, 0.15) is 17.8 Å². The van der Waals surface area contributed by atoms with E-state index >= 15 is 0 Å². The Hall–Kier alpha value is -2.96. The Kier molecular flexibility index (Phi) is 3.95. The smallest absolute Gasteiger partial charge is 0.181 e. The fraction of sp³-hybridized carbons (Fsp3) is 0.133. The van der Waals surface area contributed by atoms with Gasteiger partial charge < -0.3 is 11.1 Å². The maximum absolute atomic E-state index is 12.8. The van der Waals surface area contributed by atoms with E-state index in [4.69, 9.17) is 5.73 Å². The molecular weight excluding hydrogens is 283 g/mol. The molecule has 3 aromatic rings. The van der Waals surface area contributed by atoms with Gasteiger partial charge in [-0.25, -0.2) is 19.0 Å². The van der Waals surface area contributed by atoms with Crippen molar-refractivity contribution in [1.82, 2.24) is 19.7 Å². The Morgan fingerprint density at radius 1 is 1.18 bits per heavy atom. The minimum atomic E-state index is -0.236. The topological polar surface area (TPSA) is 81.6 Å². The van der Waals surface area contributed by atoms with Crippen LogP contribution in [-0.2, 0) is 6.42 Å². The molecule has 0 saturated heterocycles. The second kappa shape index (κ2) is 6.21. The van der Waals surface area contributed by atoms with E-state index in [2.05, 4.69) is 20.4 Å². The predicted molar refractivity (Wildman–Crippen MR) is 82.2 cm³/mol. The van der Waals surface area contributed by atoms with E-state index in [-0.39, 0.29) is 5.82 Å². The third kappa shape index (κ3) is 3.03. The zero-order valence-corrected chi connectivity index (χ0v) is 11.8. The Labute approximate surface area is 126 Å². The van der Waals surface area contributed by atoms with Crippen LogP contribution in [0.2, 0.25) is 0 Å². The van der Waals surface area contributed by atoms with Gasteiger partial charge in [0.2, 0.25) is 0 Å². The first-order valence-corrected chi connectivity index (χ1v) is 6.83. The van der Waals surface area contributed by atoms with E-state index in [1.165, 1.54) is 18.5 Å². The van der Waals surface area contributed by atoms with Crippen LogP contribution in [-0.4, -0.2) is 26.3 Å². The van der Waals surface area contributed by atoms with Crippen LogP contribution in [0, 0.1) is 5.82 Å². The molecule has 0 saturated carbocycles. The van der Waals surface area contributed by atoms with Crippen molar-refractivity contribution in [2.24, 2.45) is 0 Å². The number of hydrogen-bond donors (Lipinski definition) is 2. The zero-order chi connectivity index (χ0) is 15.4. The van der Waals surface area contributed by atoms with Crippen LogP contribution in [0.25, 0.3) is 5.82 Å². The first-order valence-electron chi connectivity index (χ1n) is 6.83. The van der Waals surface area contributed by atoms with E-state index < -0.39 is 0 Å². The molecule has 0 atom stereocenters. The minimum absolute atomic E-state index is 0.236. The van der Waals surface area contributed by atoms with Crippen LogP contribution in [0.15, 0.2) is 49.1 Å². The van der Waals surface area contributed by atoms with Gasteiger partial charge in [-0.3, -0.25) is 0 Å². The van der Waals surface area contributed by atoms with Crippen LogP contribution in [0.1, 0.15) is 5.56 Å². The summed E-state index contributed by atoms with van der Waals surface area (Å²) in [5, 5.41) is 7.28. The van der Waals surface area contributed by atoms with E-state index in [1.54, 1.807) is 35.3 Å². The molecule has 7 heteroatoms. The van der Waals surface area contributed by atoms with Crippen molar-refractivity contribution in [2.45, 2.75) is 6.42 Å². The van der Waals surface area contributed by atoms with Crippen LogP contribution in [0.4, 0.5) is 15.9 Å². The van der Waals surface area contributed by atoms with Gasteiger partial charge in [-0.1, -0.05) is 12.1 Å². The number of nitrogens with one attached hydrogen (secondary N) is 1. The van der Waals surface area contributed by atoms with Crippen LogP contribution in [0.3, 0.4) is 0 Å². The molecule has 0 aliphatic carbocycles. The van der Waals surface area contributed by atoms with Gasteiger partial charge in [-0.15, -0.1) is 0 Å². The summed E-state index contributed by atoms with van der Waals surface area (Å²) in [4.78, 5) is 8.29. The molecule has 0 bridgehead atoms. The molecule has 112 valence electrons. The summed E-state index contributed by atoms with van der Waals surface area (Å²) in [5.41, 5.74) is 7.55. The van der Waals surface area contributed by atoms with Gasteiger partial charge in [0.25, 0.3) is 0 Å². The van der Waals surface area contributed by atoms with Crippen LogP contribution < -0.4 is 11.1 Å². The summed E-state index contributed by atoms with van der Waals surface area (Å²) < 4.78 is 14.4. The van der Waals surface area contributed by atoms with Gasteiger partial charge in [0, 0.05) is 18.9 Å². The third-order valence-corrected chi connectivity index (χ3v) is 3.20. The van der Waals surface area contributed by atoms with Crippen molar-refractivity contribution in [3.05, 3.63) is 60.4 Å². The Bertz CT molecular complexity index is 739. The van der Waals surface area contributed by atoms with Gasteiger partial charge in [-0.05, 0) is 30.2 Å². The summed E-state index contributed by atoms with van der Waals surface area (Å²) in [5.74, 6) is 0.854. The molecule has 0 aliphatic heterocycles. The van der Waals surface area contributed by atoms with E-state index in [0.29, 0.717) is 23.9 Å². The molecule has 6 nitrogen and oxygen atoms in total. The third-order valence-electron chi connectivity index (χ3n) is 3.20. The molecule has 0 radical (unpaired) electrons. The molecule has 22 heavy (non-hydrogen) atoms. The molecule has 0 unspecified atom stereocenters. The number of nitrogen functional groups attached to an aromatic ring is 1. The maximum atomic E-state index is 12.8. The molecule has 0 fully saturated rings. The molecule has 1 aromatic carbocycles. The molecule has 3 rings (SSSR count). The van der Waals surface area contributed by atoms with E-state index in [0.717, 1.165) is 12.0 Å². The van der Waals surface area contributed by atoms with Crippen molar-refractivity contribution in [2.75, 3.05) is 17.6 Å². The lowest BCUT2D eigenvalue weighted by Crippen LogP contribution is -2.12. The number of nitrogens with zero attached hydrogens (tertiary/aromatic N) is 4. The fourth-order valence-corrected chi connectivity index (χ4v) is 2.08. The quantitative estimate of drug-likeness (QED) is 0.753. The number of nitrogens with two attached hydrogens (primary N) is 1. The standard InChI is InChI=1S/C15H15FN6/c16-12-4-2-11(3-5-12)6-8-18-14-13(17)15(20-10-19-14)22-9-1-7-21-22/h1-5,7,9-10H,6,8,17H2,(H,18,19,20). The first-order chi connectivity index (χ1) is 10.7. The number of rotatable bonds is 5. The predicted octanol–water partition coefficient (Wildman–Crippen LogP) is 2.04. The van der Waals surface area contributed by atoms with Crippen molar-refractivity contribution < 1.29 is 4.39 Å². The van der Waals surface area contributed by atoms with Crippen LogP contribution in [0.5, 0.6) is 0 Å². The highest BCUT2D eigenvalue weighted by Crippen LogP contribution is 2.20.